The molecule has 140 valence electrons. The van der Waals surface area contributed by atoms with Gasteiger partial charge in [-0.3, -0.25) is 4.48 Å². The van der Waals surface area contributed by atoms with Crippen LogP contribution in [-0.2, 0) is 11.2 Å². The summed E-state index contributed by atoms with van der Waals surface area (Å²) in [5.41, 5.74) is 3.94. The number of hydrogen-bond donors (Lipinski definition) is 1. The van der Waals surface area contributed by atoms with Crippen molar-refractivity contribution >= 4 is 5.91 Å². The molecule has 3 unspecified atom stereocenters. The number of piperidine rings is 3. The number of benzene rings is 2. The zero-order chi connectivity index (χ0) is 18.4. The van der Waals surface area contributed by atoms with Crippen molar-refractivity contribution < 1.29 is 14.4 Å². The largest absolute Gasteiger partial charge is 0.387 e. The topological polar surface area (TPSA) is 37.3 Å². The Hall–Kier alpha value is -1.97. The summed E-state index contributed by atoms with van der Waals surface area (Å²) in [6, 6.07) is 19.2. The van der Waals surface area contributed by atoms with Crippen LogP contribution >= 0.6 is 0 Å². The molecule has 27 heavy (non-hydrogen) atoms. The van der Waals surface area contributed by atoms with Crippen LogP contribution in [0.15, 0.2) is 54.6 Å². The van der Waals surface area contributed by atoms with Gasteiger partial charge in [-0.1, -0.05) is 54.6 Å². The number of aliphatic hydroxyl groups is 1. The molecule has 3 fully saturated rings. The molecule has 0 saturated carbocycles. The smallest absolute Gasteiger partial charge is 0.317 e. The van der Waals surface area contributed by atoms with Crippen molar-refractivity contribution in [3.05, 3.63) is 71.3 Å². The number of carbonyl (C=O) groups excluding carboxylic acids is 1. The van der Waals surface area contributed by atoms with Gasteiger partial charge in [0.2, 0.25) is 0 Å². The third-order valence-corrected chi connectivity index (χ3v) is 7.40. The SMILES string of the molecule is O=C(C1CCc2ccccc2C1c1ccccc1)[N+]12CCC(CC1)C(O)C2. The number of amides is 1. The minimum Gasteiger partial charge on any atom is -0.387 e. The van der Waals surface area contributed by atoms with Crippen LogP contribution in [0.3, 0.4) is 0 Å². The zero-order valence-electron chi connectivity index (χ0n) is 15.8. The predicted molar refractivity (Wildman–Crippen MR) is 105 cm³/mol. The van der Waals surface area contributed by atoms with E-state index in [1.807, 2.05) is 6.07 Å². The van der Waals surface area contributed by atoms with E-state index in [2.05, 4.69) is 48.5 Å². The molecule has 4 aliphatic rings. The molecule has 3 atom stereocenters. The molecule has 3 heterocycles. The van der Waals surface area contributed by atoms with Gasteiger partial charge in [0.15, 0.2) is 0 Å². The molecule has 6 rings (SSSR count). The van der Waals surface area contributed by atoms with Crippen LogP contribution in [0.2, 0.25) is 0 Å². The van der Waals surface area contributed by atoms with Crippen LogP contribution in [0.25, 0.3) is 0 Å². The molecule has 2 aromatic carbocycles. The maximum absolute atomic E-state index is 13.9. The first-order valence-corrected chi connectivity index (χ1v) is 10.4. The van der Waals surface area contributed by atoms with Crippen molar-refractivity contribution in [1.29, 1.82) is 0 Å². The molecule has 1 N–H and O–H groups in total. The molecular formula is C24H28NO2+. The second-order valence-electron chi connectivity index (χ2n) is 8.75. The monoisotopic (exact) mass is 362 g/mol. The lowest BCUT2D eigenvalue weighted by Crippen LogP contribution is -2.68. The third kappa shape index (κ3) is 2.76. The highest BCUT2D eigenvalue weighted by molar-refractivity contribution is 5.75. The summed E-state index contributed by atoms with van der Waals surface area (Å²) in [5.74, 6) is 0.919. The van der Waals surface area contributed by atoms with Gasteiger partial charge in [-0.25, -0.2) is 4.79 Å². The van der Waals surface area contributed by atoms with Crippen LogP contribution in [0.1, 0.15) is 41.9 Å². The molecule has 1 aliphatic carbocycles. The predicted octanol–water partition coefficient (Wildman–Crippen LogP) is 3.51. The Morgan fingerprint density at radius 3 is 2.37 bits per heavy atom. The number of aryl methyl sites for hydroxylation is 1. The highest BCUT2D eigenvalue weighted by Crippen LogP contribution is 2.45. The van der Waals surface area contributed by atoms with Gasteiger partial charge in [0.25, 0.3) is 0 Å². The average molecular weight is 362 g/mol. The molecule has 2 aromatic rings. The lowest BCUT2D eigenvalue weighted by Gasteiger charge is -2.51. The molecule has 3 aliphatic heterocycles. The van der Waals surface area contributed by atoms with Gasteiger partial charge in [-0.15, -0.1) is 0 Å². The maximum Gasteiger partial charge on any atom is 0.317 e. The highest BCUT2D eigenvalue weighted by Gasteiger charge is 2.53. The lowest BCUT2D eigenvalue weighted by molar-refractivity contribution is -0.877. The Morgan fingerprint density at radius 2 is 1.63 bits per heavy atom. The van der Waals surface area contributed by atoms with Crippen LogP contribution in [0, 0.1) is 11.8 Å². The summed E-state index contributed by atoms with van der Waals surface area (Å²) in [5, 5.41) is 10.5. The summed E-state index contributed by atoms with van der Waals surface area (Å²) in [7, 11) is 0. The van der Waals surface area contributed by atoms with E-state index in [9.17, 15) is 9.90 Å². The summed E-state index contributed by atoms with van der Waals surface area (Å²) < 4.78 is 0.508. The average Bonchev–Trinajstić information content (AvgIpc) is 2.73. The van der Waals surface area contributed by atoms with Gasteiger partial charge < -0.3 is 5.11 Å². The van der Waals surface area contributed by atoms with Gasteiger partial charge >= 0.3 is 5.91 Å². The highest BCUT2D eigenvalue weighted by atomic mass is 16.3. The molecule has 2 bridgehead atoms. The first kappa shape index (κ1) is 17.2. The second-order valence-corrected chi connectivity index (χ2v) is 8.75. The molecule has 3 nitrogen and oxygen atoms in total. The molecule has 3 saturated heterocycles. The molecule has 0 aromatic heterocycles. The fourth-order valence-corrected chi connectivity index (χ4v) is 5.92. The van der Waals surface area contributed by atoms with Gasteiger partial charge in [-0.05, 0) is 29.5 Å². The number of aliphatic hydroxyl groups excluding tert-OH is 1. The van der Waals surface area contributed by atoms with Crippen molar-refractivity contribution in [3.63, 3.8) is 0 Å². The molecule has 1 amide bonds. The first-order chi connectivity index (χ1) is 13.2. The number of carbonyl (C=O) groups is 1. The van der Waals surface area contributed by atoms with Crippen LogP contribution in [0.5, 0.6) is 0 Å². The standard InChI is InChI=1S/C24H28NO2/c26-22-16-25(14-12-18(22)13-15-25)24(27)21-11-10-17-6-4-5-9-20(17)23(21)19-7-2-1-3-8-19/h1-9,18,21-23,26H,10-16H2/q+1. The fraction of sp³-hybridized carbons (Fsp3) is 0.458. The minimum atomic E-state index is -0.303. The molecular weight excluding hydrogens is 334 g/mol. The number of hydrogen-bond acceptors (Lipinski definition) is 2. The van der Waals surface area contributed by atoms with Crippen molar-refractivity contribution in [2.24, 2.45) is 11.8 Å². The summed E-state index contributed by atoms with van der Waals surface area (Å²) in [4.78, 5) is 13.9. The van der Waals surface area contributed by atoms with Crippen molar-refractivity contribution in [3.8, 4) is 0 Å². The molecule has 3 heteroatoms. The fourth-order valence-electron chi connectivity index (χ4n) is 5.92. The summed E-state index contributed by atoms with van der Waals surface area (Å²) in [6.07, 6.45) is 3.57. The third-order valence-electron chi connectivity index (χ3n) is 7.40. The van der Waals surface area contributed by atoms with Gasteiger partial charge in [-0.2, -0.15) is 0 Å². The van der Waals surface area contributed by atoms with Gasteiger partial charge in [0.05, 0.1) is 19.0 Å². The first-order valence-electron chi connectivity index (χ1n) is 10.4. The number of fused-ring (bicyclic) bond motifs is 4. The van der Waals surface area contributed by atoms with Crippen LogP contribution < -0.4 is 0 Å². The quantitative estimate of drug-likeness (QED) is 0.830. The van der Waals surface area contributed by atoms with Crippen molar-refractivity contribution in [1.82, 2.24) is 0 Å². The van der Waals surface area contributed by atoms with Crippen molar-refractivity contribution in [2.75, 3.05) is 19.6 Å². The zero-order valence-corrected chi connectivity index (χ0v) is 15.8. The van der Waals surface area contributed by atoms with E-state index in [-0.39, 0.29) is 17.9 Å². The Morgan fingerprint density at radius 1 is 0.926 bits per heavy atom. The van der Waals surface area contributed by atoms with E-state index in [0.717, 1.165) is 38.8 Å². The minimum absolute atomic E-state index is 0.00384. The normalized spacial score (nSPS) is 34.9. The number of rotatable bonds is 2. The second kappa shape index (κ2) is 6.57. The van der Waals surface area contributed by atoms with Crippen molar-refractivity contribution in [2.45, 2.75) is 37.7 Å². The number of nitrogens with zero attached hydrogens (tertiary/aromatic N) is 1. The molecule has 0 radical (unpaired) electrons. The van der Waals surface area contributed by atoms with E-state index in [1.54, 1.807) is 0 Å². The van der Waals surface area contributed by atoms with Gasteiger partial charge in [0.1, 0.15) is 12.6 Å². The summed E-state index contributed by atoms with van der Waals surface area (Å²) >= 11 is 0. The maximum atomic E-state index is 13.9. The summed E-state index contributed by atoms with van der Waals surface area (Å²) in [6.45, 7) is 2.46. The van der Waals surface area contributed by atoms with E-state index in [4.69, 9.17) is 0 Å². The van der Waals surface area contributed by atoms with E-state index >= 15 is 0 Å². The Bertz CT molecular complexity index is 838. The number of quaternary nitrogens is 1. The van der Waals surface area contributed by atoms with E-state index in [1.165, 1.54) is 16.7 Å². The Labute approximate surface area is 161 Å². The van der Waals surface area contributed by atoms with E-state index < -0.39 is 0 Å². The lowest BCUT2D eigenvalue weighted by atomic mass is 9.70. The van der Waals surface area contributed by atoms with Gasteiger partial charge in [0, 0.05) is 24.7 Å². The Kier molecular flexibility index (Phi) is 4.18. The van der Waals surface area contributed by atoms with E-state index in [0.29, 0.717) is 22.9 Å². The molecule has 0 spiro atoms. The van der Waals surface area contributed by atoms with Crippen LogP contribution in [-0.4, -0.2) is 41.2 Å². The van der Waals surface area contributed by atoms with Crippen LogP contribution in [0.4, 0.5) is 0 Å². The Balaban J connectivity index is 1.55.